The molecule has 3 aliphatic rings. The van der Waals surface area contributed by atoms with E-state index in [2.05, 4.69) is 54.8 Å². The zero-order valence-corrected chi connectivity index (χ0v) is 21.6. The minimum Gasteiger partial charge on any atom is -0.391 e. The highest BCUT2D eigenvalue weighted by Crippen LogP contribution is 2.50. The monoisotopic (exact) mass is 456 g/mol. The van der Waals surface area contributed by atoms with Crippen LogP contribution < -0.4 is 0 Å². The van der Waals surface area contributed by atoms with Crippen molar-refractivity contribution in [3.63, 3.8) is 0 Å². The summed E-state index contributed by atoms with van der Waals surface area (Å²) < 4.78 is 0. The Morgan fingerprint density at radius 1 is 1.03 bits per heavy atom. The van der Waals surface area contributed by atoms with E-state index in [0.717, 1.165) is 32.2 Å². The van der Waals surface area contributed by atoms with Gasteiger partial charge in [0, 0.05) is 12.6 Å². The van der Waals surface area contributed by atoms with Gasteiger partial charge in [0.25, 0.3) is 0 Å². The van der Waals surface area contributed by atoms with Crippen molar-refractivity contribution >= 4 is 0 Å². The van der Waals surface area contributed by atoms with Crippen molar-refractivity contribution in [3.05, 3.63) is 35.4 Å². The van der Waals surface area contributed by atoms with E-state index in [-0.39, 0.29) is 12.1 Å². The maximum Gasteiger partial charge on any atom is 0.104 e. The van der Waals surface area contributed by atoms with E-state index in [4.69, 9.17) is 0 Å². The Morgan fingerprint density at radius 2 is 1.76 bits per heavy atom. The maximum absolute atomic E-state index is 11.0. The van der Waals surface area contributed by atoms with Crippen molar-refractivity contribution in [2.24, 2.45) is 5.41 Å². The number of hydrogen-bond acceptors (Lipinski definition) is 4. The van der Waals surface area contributed by atoms with E-state index in [0.29, 0.717) is 16.7 Å². The summed E-state index contributed by atoms with van der Waals surface area (Å²) in [5.41, 5.74) is 3.93. The molecule has 0 aromatic heterocycles. The third-order valence-corrected chi connectivity index (χ3v) is 9.01. The molecule has 2 heterocycles. The van der Waals surface area contributed by atoms with E-state index in [1.807, 2.05) is 6.92 Å². The van der Waals surface area contributed by atoms with Gasteiger partial charge in [-0.1, -0.05) is 45.0 Å². The predicted molar refractivity (Wildman–Crippen MR) is 136 cm³/mol. The van der Waals surface area contributed by atoms with Crippen molar-refractivity contribution in [1.82, 2.24) is 9.80 Å². The average molecular weight is 457 g/mol. The number of nitrogens with zero attached hydrogens (tertiary/aromatic N) is 2. The van der Waals surface area contributed by atoms with Crippen molar-refractivity contribution in [2.45, 2.75) is 115 Å². The quantitative estimate of drug-likeness (QED) is 0.586. The van der Waals surface area contributed by atoms with Crippen LogP contribution in [0.1, 0.15) is 103 Å². The number of fused-ring (bicyclic) bond motifs is 2. The number of aliphatic hydroxyl groups is 2. The zero-order valence-electron chi connectivity index (χ0n) is 21.6. The number of rotatable bonds is 7. The number of aliphatic hydroxyl groups excluding tert-OH is 2. The van der Waals surface area contributed by atoms with Gasteiger partial charge in [0.1, 0.15) is 6.23 Å². The molecule has 33 heavy (non-hydrogen) atoms. The summed E-state index contributed by atoms with van der Waals surface area (Å²) in [6.45, 7) is 13.5. The molecule has 1 spiro atoms. The maximum atomic E-state index is 11.0. The van der Waals surface area contributed by atoms with E-state index in [9.17, 15) is 10.2 Å². The molecule has 4 heteroatoms. The second kappa shape index (κ2) is 10.4. The van der Waals surface area contributed by atoms with Crippen LogP contribution in [0.5, 0.6) is 0 Å². The summed E-state index contributed by atoms with van der Waals surface area (Å²) in [6, 6.07) is 9.35. The molecule has 2 N–H and O–H groups in total. The first-order chi connectivity index (χ1) is 15.7. The van der Waals surface area contributed by atoms with Crippen LogP contribution in [0.2, 0.25) is 0 Å². The lowest BCUT2D eigenvalue weighted by molar-refractivity contribution is -0.0336. The topological polar surface area (TPSA) is 46.9 Å². The van der Waals surface area contributed by atoms with Crippen LogP contribution in [0.3, 0.4) is 0 Å². The van der Waals surface area contributed by atoms with Gasteiger partial charge in [0.15, 0.2) is 0 Å². The number of likely N-dealkylation sites (tertiary alicyclic amines) is 2. The van der Waals surface area contributed by atoms with Gasteiger partial charge in [0.05, 0.1) is 6.10 Å². The van der Waals surface area contributed by atoms with E-state index in [1.165, 1.54) is 51.7 Å². The molecule has 2 aliphatic heterocycles. The lowest BCUT2D eigenvalue weighted by atomic mass is 9.61. The summed E-state index contributed by atoms with van der Waals surface area (Å²) in [6.07, 6.45) is 9.55. The van der Waals surface area contributed by atoms with Gasteiger partial charge in [-0.2, -0.15) is 0 Å². The number of benzene rings is 1. The molecule has 0 saturated carbocycles. The normalized spacial score (nSPS) is 28.1. The van der Waals surface area contributed by atoms with E-state index < -0.39 is 6.23 Å². The molecule has 1 aromatic rings. The molecule has 4 rings (SSSR count). The Labute approximate surface area is 202 Å². The molecule has 1 aromatic carbocycles. The minimum absolute atomic E-state index is 0.118. The van der Waals surface area contributed by atoms with Gasteiger partial charge in [-0.3, -0.25) is 4.90 Å². The standard InChI is InChI=1S/C29H48N2O2/c1-22(32)31-18-7-10-26(31)27(33)12-11-23-13-14-29(25-9-6-5-8-24(23)25)16-20-30(21-17-29)19-15-28(2,3)4/h5-6,8-9,22-23,26-27,32-33H,7,10-21H2,1-4H3/t22?,23?,26-,27?/m1/s1. The van der Waals surface area contributed by atoms with Gasteiger partial charge < -0.3 is 15.1 Å². The molecule has 4 atom stereocenters. The summed E-state index contributed by atoms with van der Waals surface area (Å²) in [4.78, 5) is 4.78. The van der Waals surface area contributed by atoms with E-state index >= 15 is 0 Å². The smallest absolute Gasteiger partial charge is 0.104 e. The minimum atomic E-state index is -0.461. The second-order valence-corrected chi connectivity index (χ2v) is 12.5. The fourth-order valence-corrected chi connectivity index (χ4v) is 6.85. The third-order valence-electron chi connectivity index (χ3n) is 9.01. The summed E-state index contributed by atoms with van der Waals surface area (Å²) >= 11 is 0. The highest BCUT2D eigenvalue weighted by molar-refractivity contribution is 5.40. The summed E-state index contributed by atoms with van der Waals surface area (Å²) in [5, 5.41) is 21.0. The van der Waals surface area contributed by atoms with Gasteiger partial charge in [-0.05, 0) is 112 Å². The Kier molecular flexibility index (Phi) is 7.90. The van der Waals surface area contributed by atoms with Crippen molar-refractivity contribution < 1.29 is 10.2 Å². The van der Waals surface area contributed by atoms with Gasteiger partial charge in [-0.25, -0.2) is 0 Å². The van der Waals surface area contributed by atoms with Crippen LogP contribution >= 0.6 is 0 Å². The molecule has 0 bridgehead atoms. The molecule has 0 radical (unpaired) electrons. The number of piperidine rings is 1. The predicted octanol–water partition coefficient (Wildman–Crippen LogP) is 5.28. The number of hydrogen-bond donors (Lipinski definition) is 2. The first-order valence-corrected chi connectivity index (χ1v) is 13.6. The zero-order chi connectivity index (χ0) is 23.6. The van der Waals surface area contributed by atoms with Gasteiger partial charge in [0.2, 0.25) is 0 Å². The molecule has 2 fully saturated rings. The SMILES string of the molecule is CC(O)N1CCC[C@@H]1C(O)CCC1CCC2(CCN(CCC(C)(C)C)CC2)c2ccccc21. The van der Waals surface area contributed by atoms with Crippen molar-refractivity contribution in [2.75, 3.05) is 26.2 Å². The molecule has 1 aliphatic carbocycles. The lowest BCUT2D eigenvalue weighted by Crippen LogP contribution is -2.45. The molecular weight excluding hydrogens is 408 g/mol. The summed E-state index contributed by atoms with van der Waals surface area (Å²) in [5.74, 6) is 0.557. The van der Waals surface area contributed by atoms with Crippen molar-refractivity contribution in [3.8, 4) is 0 Å². The third kappa shape index (κ3) is 5.83. The fourth-order valence-electron chi connectivity index (χ4n) is 6.85. The van der Waals surface area contributed by atoms with Gasteiger partial charge in [-0.15, -0.1) is 0 Å². The van der Waals surface area contributed by atoms with Crippen LogP contribution in [0.15, 0.2) is 24.3 Å². The Bertz CT molecular complexity index is 763. The summed E-state index contributed by atoms with van der Waals surface area (Å²) in [7, 11) is 0. The van der Waals surface area contributed by atoms with Crippen LogP contribution in [0, 0.1) is 5.41 Å². The highest BCUT2D eigenvalue weighted by atomic mass is 16.3. The first kappa shape index (κ1) is 25.2. The van der Waals surface area contributed by atoms with Gasteiger partial charge >= 0.3 is 0 Å². The first-order valence-electron chi connectivity index (χ1n) is 13.6. The molecule has 4 nitrogen and oxygen atoms in total. The Morgan fingerprint density at radius 3 is 2.45 bits per heavy atom. The Balaban J connectivity index is 1.38. The van der Waals surface area contributed by atoms with E-state index in [1.54, 1.807) is 11.1 Å². The highest BCUT2D eigenvalue weighted by Gasteiger charge is 2.42. The molecule has 0 amide bonds. The molecule has 3 unspecified atom stereocenters. The molecular formula is C29H48N2O2. The van der Waals surface area contributed by atoms with Crippen LogP contribution in [0.25, 0.3) is 0 Å². The fraction of sp³-hybridized carbons (Fsp3) is 0.793. The second-order valence-electron chi connectivity index (χ2n) is 12.5. The average Bonchev–Trinajstić information content (AvgIpc) is 3.28. The largest absolute Gasteiger partial charge is 0.391 e. The van der Waals surface area contributed by atoms with Crippen molar-refractivity contribution in [1.29, 1.82) is 0 Å². The van der Waals surface area contributed by atoms with Crippen LogP contribution in [0.4, 0.5) is 0 Å². The molecule has 2 saturated heterocycles. The lowest BCUT2D eigenvalue weighted by Gasteiger charge is -2.47. The molecule has 186 valence electrons. The Hall–Kier alpha value is -0.940. The van der Waals surface area contributed by atoms with Crippen LogP contribution in [-0.4, -0.2) is 64.6 Å². The van der Waals surface area contributed by atoms with Crippen LogP contribution in [-0.2, 0) is 5.41 Å².